The zero-order valence-corrected chi connectivity index (χ0v) is 16.6. The van der Waals surface area contributed by atoms with Crippen molar-refractivity contribution in [2.45, 2.75) is 26.2 Å². The molecule has 5 heteroatoms. The molecule has 0 bridgehead atoms. The van der Waals surface area contributed by atoms with E-state index in [2.05, 4.69) is 24.1 Å². The second-order valence-corrected chi connectivity index (χ2v) is 7.44. The van der Waals surface area contributed by atoms with E-state index in [1.54, 1.807) is 23.1 Å². The van der Waals surface area contributed by atoms with Crippen LogP contribution in [-0.4, -0.2) is 23.3 Å². The SMILES string of the molecule is CC(C)c1ccccc1NC(=O)c1cccc(C(=O)N2CCc3ccccc32)n1. The average molecular weight is 385 g/mol. The molecule has 0 unspecified atom stereocenters. The number of hydrogen-bond donors (Lipinski definition) is 1. The van der Waals surface area contributed by atoms with E-state index in [1.807, 2.05) is 48.5 Å². The lowest BCUT2D eigenvalue weighted by molar-refractivity contribution is 0.0984. The minimum absolute atomic E-state index is 0.188. The highest BCUT2D eigenvalue weighted by atomic mass is 16.2. The number of rotatable bonds is 4. The number of aromatic nitrogens is 1. The van der Waals surface area contributed by atoms with Crippen LogP contribution in [-0.2, 0) is 6.42 Å². The van der Waals surface area contributed by atoms with Gasteiger partial charge in [0.2, 0.25) is 0 Å². The fraction of sp³-hybridized carbons (Fsp3) is 0.208. The minimum Gasteiger partial charge on any atom is -0.320 e. The number of carbonyl (C=O) groups excluding carboxylic acids is 2. The van der Waals surface area contributed by atoms with Crippen molar-refractivity contribution in [3.05, 3.63) is 89.2 Å². The first-order chi connectivity index (χ1) is 14.0. The molecule has 0 saturated carbocycles. The second kappa shape index (κ2) is 7.87. The summed E-state index contributed by atoms with van der Waals surface area (Å²) in [5, 5.41) is 2.93. The van der Waals surface area contributed by atoms with Crippen molar-refractivity contribution in [3.8, 4) is 0 Å². The van der Waals surface area contributed by atoms with Crippen LogP contribution in [0, 0.1) is 0 Å². The van der Waals surface area contributed by atoms with Crippen LogP contribution in [0.5, 0.6) is 0 Å². The molecule has 0 atom stereocenters. The minimum atomic E-state index is -0.324. The Hall–Kier alpha value is -3.47. The zero-order chi connectivity index (χ0) is 20.4. The van der Waals surface area contributed by atoms with Crippen LogP contribution >= 0.6 is 0 Å². The van der Waals surface area contributed by atoms with Crippen LogP contribution in [0.3, 0.4) is 0 Å². The summed E-state index contributed by atoms with van der Waals surface area (Å²) in [7, 11) is 0. The Kier molecular flexibility index (Phi) is 5.12. The van der Waals surface area contributed by atoms with Crippen LogP contribution in [0.1, 0.15) is 51.9 Å². The van der Waals surface area contributed by atoms with Gasteiger partial charge in [-0.25, -0.2) is 4.98 Å². The van der Waals surface area contributed by atoms with Crippen molar-refractivity contribution in [2.75, 3.05) is 16.8 Å². The molecule has 0 saturated heterocycles. The van der Waals surface area contributed by atoms with E-state index in [-0.39, 0.29) is 29.1 Å². The van der Waals surface area contributed by atoms with E-state index in [4.69, 9.17) is 0 Å². The number of nitrogens with one attached hydrogen (secondary N) is 1. The number of anilines is 2. The van der Waals surface area contributed by atoms with E-state index in [0.29, 0.717) is 6.54 Å². The number of pyridine rings is 1. The number of benzene rings is 2. The highest BCUT2D eigenvalue weighted by Crippen LogP contribution is 2.28. The third kappa shape index (κ3) is 3.76. The van der Waals surface area contributed by atoms with E-state index < -0.39 is 0 Å². The zero-order valence-electron chi connectivity index (χ0n) is 16.6. The first kappa shape index (κ1) is 18.9. The monoisotopic (exact) mass is 385 g/mol. The second-order valence-electron chi connectivity index (χ2n) is 7.44. The van der Waals surface area contributed by atoms with Gasteiger partial charge in [-0.15, -0.1) is 0 Å². The molecule has 29 heavy (non-hydrogen) atoms. The Labute approximate surface area is 170 Å². The molecule has 1 aromatic heterocycles. The van der Waals surface area contributed by atoms with Crippen molar-refractivity contribution in [1.29, 1.82) is 0 Å². The van der Waals surface area contributed by atoms with Gasteiger partial charge in [-0.3, -0.25) is 9.59 Å². The number of hydrogen-bond acceptors (Lipinski definition) is 3. The quantitative estimate of drug-likeness (QED) is 0.710. The molecule has 1 aliphatic rings. The van der Waals surface area contributed by atoms with Gasteiger partial charge in [0.25, 0.3) is 11.8 Å². The van der Waals surface area contributed by atoms with Gasteiger partial charge in [-0.2, -0.15) is 0 Å². The van der Waals surface area contributed by atoms with Gasteiger partial charge >= 0.3 is 0 Å². The normalized spacial score (nSPS) is 12.7. The third-order valence-electron chi connectivity index (χ3n) is 5.16. The standard InChI is InChI=1S/C24H23N3O2/c1-16(2)18-9-4-5-10-19(18)26-23(28)20-11-7-12-21(25-20)24(29)27-15-14-17-8-3-6-13-22(17)27/h3-13,16H,14-15H2,1-2H3,(H,26,28). The van der Waals surface area contributed by atoms with Crippen molar-refractivity contribution in [1.82, 2.24) is 4.98 Å². The van der Waals surface area contributed by atoms with Crippen LogP contribution in [0.15, 0.2) is 66.7 Å². The molecular formula is C24H23N3O2. The van der Waals surface area contributed by atoms with Gasteiger partial charge < -0.3 is 10.2 Å². The molecule has 2 amide bonds. The van der Waals surface area contributed by atoms with Gasteiger partial charge in [0.05, 0.1) is 0 Å². The maximum Gasteiger partial charge on any atom is 0.276 e. The Morgan fingerprint density at radius 3 is 2.48 bits per heavy atom. The molecule has 5 nitrogen and oxygen atoms in total. The summed E-state index contributed by atoms with van der Waals surface area (Å²) in [6.07, 6.45) is 0.827. The molecule has 0 spiro atoms. The van der Waals surface area contributed by atoms with E-state index in [0.717, 1.165) is 28.9 Å². The summed E-state index contributed by atoms with van der Waals surface area (Å²) >= 11 is 0. The molecule has 3 aromatic rings. The predicted molar refractivity (Wildman–Crippen MR) is 115 cm³/mol. The molecule has 2 heterocycles. The third-order valence-corrected chi connectivity index (χ3v) is 5.16. The first-order valence-corrected chi connectivity index (χ1v) is 9.81. The summed E-state index contributed by atoms with van der Waals surface area (Å²) in [6, 6.07) is 20.6. The number of amides is 2. The maximum atomic E-state index is 13.0. The molecular weight excluding hydrogens is 362 g/mol. The largest absolute Gasteiger partial charge is 0.320 e. The fourth-order valence-electron chi connectivity index (χ4n) is 3.67. The lowest BCUT2D eigenvalue weighted by atomic mass is 10.0. The van der Waals surface area contributed by atoms with Crippen molar-refractivity contribution in [2.24, 2.45) is 0 Å². The van der Waals surface area contributed by atoms with Crippen molar-refractivity contribution >= 4 is 23.2 Å². The Balaban J connectivity index is 1.57. The Morgan fingerprint density at radius 1 is 0.931 bits per heavy atom. The van der Waals surface area contributed by atoms with Gasteiger partial charge in [-0.1, -0.05) is 56.3 Å². The van der Waals surface area contributed by atoms with Crippen LogP contribution < -0.4 is 10.2 Å². The van der Waals surface area contributed by atoms with Gasteiger partial charge in [0, 0.05) is 17.9 Å². The number of fused-ring (bicyclic) bond motifs is 1. The summed E-state index contributed by atoms with van der Waals surface area (Å²) in [5.74, 6) is -0.232. The molecule has 4 rings (SSSR count). The summed E-state index contributed by atoms with van der Waals surface area (Å²) in [5.41, 5.74) is 4.38. The lowest BCUT2D eigenvalue weighted by Crippen LogP contribution is -2.30. The average Bonchev–Trinajstić information content (AvgIpc) is 3.17. The van der Waals surface area contributed by atoms with Gasteiger partial charge in [0.1, 0.15) is 11.4 Å². The van der Waals surface area contributed by atoms with Crippen LogP contribution in [0.25, 0.3) is 0 Å². The predicted octanol–water partition coefficient (Wildman–Crippen LogP) is 4.66. The lowest BCUT2D eigenvalue weighted by Gasteiger charge is -2.17. The molecule has 1 aliphatic heterocycles. The number of nitrogens with zero attached hydrogens (tertiary/aromatic N) is 2. The Bertz CT molecular complexity index is 1070. The highest BCUT2D eigenvalue weighted by Gasteiger charge is 2.26. The van der Waals surface area contributed by atoms with Crippen LogP contribution in [0.2, 0.25) is 0 Å². The smallest absolute Gasteiger partial charge is 0.276 e. The molecule has 1 N–H and O–H groups in total. The van der Waals surface area contributed by atoms with Gasteiger partial charge in [0.15, 0.2) is 0 Å². The molecule has 0 fully saturated rings. The number of carbonyl (C=O) groups is 2. The summed E-state index contributed by atoms with van der Waals surface area (Å²) < 4.78 is 0. The summed E-state index contributed by atoms with van der Waals surface area (Å²) in [4.78, 5) is 31.9. The first-order valence-electron chi connectivity index (χ1n) is 9.81. The molecule has 0 aliphatic carbocycles. The van der Waals surface area contributed by atoms with Crippen LogP contribution in [0.4, 0.5) is 11.4 Å². The highest BCUT2D eigenvalue weighted by molar-refractivity contribution is 6.08. The van der Waals surface area contributed by atoms with E-state index in [9.17, 15) is 9.59 Å². The van der Waals surface area contributed by atoms with Gasteiger partial charge in [-0.05, 0) is 47.7 Å². The molecule has 2 aromatic carbocycles. The molecule has 146 valence electrons. The van der Waals surface area contributed by atoms with E-state index in [1.165, 1.54) is 0 Å². The fourth-order valence-corrected chi connectivity index (χ4v) is 3.67. The topological polar surface area (TPSA) is 62.3 Å². The summed E-state index contributed by atoms with van der Waals surface area (Å²) in [6.45, 7) is 4.78. The molecule has 0 radical (unpaired) electrons. The van der Waals surface area contributed by atoms with Crippen molar-refractivity contribution < 1.29 is 9.59 Å². The van der Waals surface area contributed by atoms with E-state index >= 15 is 0 Å². The van der Waals surface area contributed by atoms with Crippen molar-refractivity contribution in [3.63, 3.8) is 0 Å². The number of para-hydroxylation sites is 2. The Morgan fingerprint density at radius 2 is 1.66 bits per heavy atom. The maximum absolute atomic E-state index is 13.0.